The zero-order chi connectivity index (χ0) is 74.8. The number of nitrogens with zero attached hydrogens (tertiary/aromatic N) is 1. The molecule has 1 aromatic heterocycles. The molecule has 7 aromatic rings. The van der Waals surface area contributed by atoms with Crippen molar-refractivity contribution in [2.24, 2.45) is 67.5 Å². The van der Waals surface area contributed by atoms with Crippen LogP contribution in [0.1, 0.15) is 94.5 Å². The van der Waals surface area contributed by atoms with Gasteiger partial charge in [0.2, 0.25) is 5.91 Å². The molecule has 2 N–H and O–H groups in total. The molecule has 1 amide bonds. The van der Waals surface area contributed by atoms with E-state index in [0.717, 1.165) is 61.5 Å². The first-order chi connectivity index (χ1) is 48.4. The third-order valence-electron chi connectivity index (χ3n) is 21.5. The molecule has 4 aliphatic carbocycles. The second-order valence-corrected chi connectivity index (χ2v) is 28.4. The molecular formula is C81H94BN2O19. The van der Waals surface area contributed by atoms with Crippen molar-refractivity contribution >= 4 is 67.0 Å². The lowest BCUT2D eigenvalue weighted by molar-refractivity contribution is -0.153. The van der Waals surface area contributed by atoms with Gasteiger partial charge in [0.1, 0.15) is 37.1 Å². The van der Waals surface area contributed by atoms with Crippen molar-refractivity contribution in [3.05, 3.63) is 203 Å². The Labute approximate surface area is 604 Å². The first-order valence-corrected chi connectivity index (χ1v) is 33.5. The SMILES string of the molecule is COC(=O)C1C(C(=O)OC)C1(C)C.COC(=O)[C@@H]1C(C)(C)[C@]1(Cc1ccc(OCc2ccccc2)cc1)C(=O)OC.COC(=O)[C@H]1C(C)(C)[C@]1(Cc1ccc(OCc2ccccc2)cc1)C(=O)OC.COC(=O)[C@]1(Cc2ccc(OCc3cccc4nc(C)ccc34)cc2)C(C(=O)NO)C1(C)C.[B]. The molecule has 1 heterocycles. The summed E-state index contributed by atoms with van der Waals surface area (Å²) in [5, 5.41) is 10.2. The number of pyridine rings is 1. The van der Waals surface area contributed by atoms with Gasteiger partial charge >= 0.3 is 41.8 Å². The van der Waals surface area contributed by atoms with Gasteiger partial charge in [0, 0.05) is 19.5 Å². The largest absolute Gasteiger partial charge is 0.489 e. The fourth-order valence-electron chi connectivity index (χ4n) is 15.2. The first-order valence-electron chi connectivity index (χ1n) is 33.5. The average molecular weight is 1410 g/mol. The topological polar surface area (TPSA) is 274 Å². The summed E-state index contributed by atoms with van der Waals surface area (Å²) in [6, 6.07) is 52.6. The van der Waals surface area contributed by atoms with Crippen LogP contribution in [0, 0.1) is 74.4 Å². The number of esters is 7. The molecule has 8 atom stereocenters. The molecule has 103 heavy (non-hydrogen) atoms. The monoisotopic (exact) mass is 1410 g/mol. The zero-order valence-electron chi connectivity index (χ0n) is 61.5. The van der Waals surface area contributed by atoms with Crippen molar-refractivity contribution in [3.8, 4) is 17.2 Å². The first kappa shape index (κ1) is 80.2. The predicted molar refractivity (Wildman–Crippen MR) is 382 cm³/mol. The Bertz CT molecular complexity index is 3980. The van der Waals surface area contributed by atoms with E-state index in [9.17, 15) is 38.4 Å². The fourth-order valence-corrected chi connectivity index (χ4v) is 15.2. The zero-order valence-corrected chi connectivity index (χ0v) is 61.5. The highest BCUT2D eigenvalue weighted by atomic mass is 16.6. The van der Waals surface area contributed by atoms with Gasteiger partial charge in [0.05, 0.1) is 101 Å². The van der Waals surface area contributed by atoms with Crippen LogP contribution in [0.3, 0.4) is 0 Å². The quantitative estimate of drug-likeness (QED) is 0.0198. The fraction of sp³-hybridized carbons (Fsp3) is 0.420. The maximum Gasteiger partial charge on any atom is 0.313 e. The summed E-state index contributed by atoms with van der Waals surface area (Å²) in [6.45, 7) is 18.4. The van der Waals surface area contributed by atoms with Crippen LogP contribution in [0.25, 0.3) is 10.9 Å². The normalized spacial score (nSPS) is 22.4. The third kappa shape index (κ3) is 16.2. The summed E-state index contributed by atoms with van der Waals surface area (Å²) in [7, 11) is 9.36. The van der Waals surface area contributed by atoms with Gasteiger partial charge in [-0.25, -0.2) is 5.48 Å². The van der Waals surface area contributed by atoms with Gasteiger partial charge in [0.15, 0.2) is 0 Å². The highest BCUT2D eigenvalue weighted by Crippen LogP contribution is 2.73. The van der Waals surface area contributed by atoms with Crippen molar-refractivity contribution in [2.75, 3.05) is 49.8 Å². The summed E-state index contributed by atoms with van der Waals surface area (Å²) < 4.78 is 51.8. The predicted octanol–water partition coefficient (Wildman–Crippen LogP) is 11.8. The standard InChI is InChI=1S/C26H28N2O5.2C23H26O5.C9H14O4.B/c1-16-8-13-20-18(6-5-7-21(20)27-16)15-33-19-11-9-17(10-12-19)14-26(24(30)32-4)22(23(29)28-31)25(26,2)3;2*1-22(2)19(20(24)26-3)23(22,21(25)27-4)14-16-10-12-18(13-11-16)28-15-17-8-6-5-7-9-17;1-9(2)5(7(10)12-3)6(9)8(11)13-4;/h5-13,22,31H,14-15H2,1-4H3,(H,28,29);2*5-13,19H,14-15H2,1-4H3;5-6H,1-4H3;/t22?,26-;19-,23+;19-,23-;;/m010../s1. The van der Waals surface area contributed by atoms with Crippen LogP contribution in [-0.2, 0) is 111 Å². The van der Waals surface area contributed by atoms with E-state index in [1.165, 1.54) is 49.8 Å². The number of rotatable bonds is 23. The maximum atomic E-state index is 12.7. The Morgan fingerprint density at radius 1 is 0.388 bits per heavy atom. The Balaban J connectivity index is 0.000000199. The van der Waals surface area contributed by atoms with Crippen LogP contribution in [0.2, 0.25) is 0 Å². The summed E-state index contributed by atoms with van der Waals surface area (Å²) in [5.41, 5.74) is 4.69. The van der Waals surface area contributed by atoms with E-state index in [-0.39, 0.29) is 61.5 Å². The third-order valence-corrected chi connectivity index (χ3v) is 21.5. The Kier molecular flexibility index (Phi) is 25.6. The van der Waals surface area contributed by atoms with E-state index in [2.05, 4.69) is 20.5 Å². The number of amides is 1. The Hall–Kier alpha value is -10.1. The Morgan fingerprint density at radius 3 is 1.07 bits per heavy atom. The number of nitrogens with one attached hydrogen (secondary N) is 1. The summed E-state index contributed by atoms with van der Waals surface area (Å²) >= 11 is 0. The van der Waals surface area contributed by atoms with Gasteiger partial charge in [-0.3, -0.25) is 48.5 Å². The number of ether oxygens (including phenoxy) is 10. The number of hydroxylamine groups is 1. The van der Waals surface area contributed by atoms with Crippen LogP contribution >= 0.6 is 0 Å². The van der Waals surface area contributed by atoms with E-state index in [0.29, 0.717) is 44.8 Å². The highest BCUT2D eigenvalue weighted by molar-refractivity contribution is 5.97. The second kappa shape index (κ2) is 32.9. The van der Waals surface area contributed by atoms with E-state index in [1.54, 1.807) is 5.48 Å². The molecule has 4 saturated carbocycles. The molecule has 3 radical (unpaired) electrons. The molecular weight excluding hydrogens is 1320 g/mol. The molecule has 4 aliphatic rings. The van der Waals surface area contributed by atoms with E-state index in [1.807, 2.05) is 220 Å². The number of carbonyl (C=O) groups excluding carboxylic acids is 8. The molecule has 3 unspecified atom stereocenters. The van der Waals surface area contributed by atoms with Gasteiger partial charge in [-0.2, -0.15) is 0 Å². The summed E-state index contributed by atoms with van der Waals surface area (Å²) in [6.07, 6.45) is 1.14. The number of aryl methyl sites for hydroxylation is 1. The Morgan fingerprint density at radius 2 is 0.728 bits per heavy atom. The van der Waals surface area contributed by atoms with Crippen LogP contribution in [0.15, 0.2) is 164 Å². The lowest BCUT2D eigenvalue weighted by Gasteiger charge is -2.18. The number of fused-ring (bicyclic) bond motifs is 1. The highest BCUT2D eigenvalue weighted by Gasteiger charge is 2.81. The number of hydrogen-bond donors (Lipinski definition) is 2. The van der Waals surface area contributed by atoms with Crippen LogP contribution < -0.4 is 19.7 Å². The number of carbonyl (C=O) groups is 8. The molecule has 6 aromatic carbocycles. The molecule has 0 spiro atoms. The number of hydrogen-bond acceptors (Lipinski definition) is 20. The molecule has 0 aliphatic heterocycles. The van der Waals surface area contributed by atoms with Crippen LogP contribution in [0.5, 0.6) is 17.2 Å². The minimum absolute atomic E-state index is 0. The number of aromatic nitrogens is 1. The van der Waals surface area contributed by atoms with Crippen LogP contribution in [0.4, 0.5) is 0 Å². The molecule has 0 saturated heterocycles. The van der Waals surface area contributed by atoms with Gasteiger partial charge in [-0.05, 0) is 130 Å². The van der Waals surface area contributed by atoms with Gasteiger partial charge in [0.25, 0.3) is 0 Å². The smallest absolute Gasteiger partial charge is 0.313 e. The van der Waals surface area contributed by atoms with Crippen molar-refractivity contribution in [1.82, 2.24) is 10.5 Å². The van der Waals surface area contributed by atoms with Crippen molar-refractivity contribution in [2.45, 2.75) is 101 Å². The van der Waals surface area contributed by atoms with Crippen molar-refractivity contribution in [1.29, 1.82) is 0 Å². The number of benzene rings is 6. The second-order valence-electron chi connectivity index (χ2n) is 28.4. The minimum Gasteiger partial charge on any atom is -0.489 e. The van der Waals surface area contributed by atoms with Crippen LogP contribution in [-0.4, -0.2) is 116 Å². The molecule has 11 rings (SSSR count). The van der Waals surface area contributed by atoms with Crippen molar-refractivity contribution < 1.29 is 90.9 Å². The summed E-state index contributed by atoms with van der Waals surface area (Å²) in [4.78, 5) is 102. The lowest BCUT2D eigenvalue weighted by atomic mass is 9.88. The molecule has 4 fully saturated rings. The molecule has 21 nitrogen and oxygen atoms in total. The van der Waals surface area contributed by atoms with E-state index >= 15 is 0 Å². The van der Waals surface area contributed by atoms with E-state index in [4.69, 9.17) is 43.1 Å². The van der Waals surface area contributed by atoms with Crippen molar-refractivity contribution in [3.63, 3.8) is 0 Å². The summed E-state index contributed by atoms with van der Waals surface area (Å²) in [5.74, 6) is -3.42. The van der Waals surface area contributed by atoms with Gasteiger partial charge in [-0.1, -0.05) is 171 Å². The maximum absolute atomic E-state index is 12.7. The lowest BCUT2D eigenvalue weighted by Crippen LogP contribution is -2.30. The minimum atomic E-state index is -1.04. The molecule has 545 valence electrons. The van der Waals surface area contributed by atoms with Gasteiger partial charge in [-0.15, -0.1) is 0 Å². The average Bonchev–Trinajstić information content (AvgIpc) is 1.52. The molecule has 22 heteroatoms. The van der Waals surface area contributed by atoms with Gasteiger partial charge < -0.3 is 47.4 Å². The molecule has 0 bridgehead atoms. The number of methoxy groups -OCH3 is 7. The van der Waals surface area contributed by atoms with E-state index < -0.39 is 62.1 Å².